The highest BCUT2D eigenvalue weighted by molar-refractivity contribution is 6.03. The summed E-state index contributed by atoms with van der Waals surface area (Å²) in [6, 6.07) is 6.49. The number of carboxylic acids is 1. The molecule has 0 saturated carbocycles. The summed E-state index contributed by atoms with van der Waals surface area (Å²) < 4.78 is 4.77. The third kappa shape index (κ3) is 3.06. The molecule has 21 heavy (non-hydrogen) atoms. The SMILES string of the molecule is Cc1ccc(C(=O)O)cc1NC(=O)c1ccc([N+](=O)[O-])o1. The molecule has 0 aliphatic rings. The van der Waals surface area contributed by atoms with Gasteiger partial charge in [0.2, 0.25) is 0 Å². The topological polar surface area (TPSA) is 123 Å². The molecule has 0 saturated heterocycles. The third-order valence-corrected chi connectivity index (χ3v) is 2.73. The lowest BCUT2D eigenvalue weighted by atomic mass is 10.1. The lowest BCUT2D eigenvalue weighted by Gasteiger charge is -2.07. The number of nitrogens with one attached hydrogen (secondary N) is 1. The molecule has 1 amide bonds. The average Bonchev–Trinajstić information content (AvgIpc) is 2.90. The van der Waals surface area contributed by atoms with Gasteiger partial charge in [-0.15, -0.1) is 0 Å². The van der Waals surface area contributed by atoms with Crippen LogP contribution in [0.15, 0.2) is 34.7 Å². The Morgan fingerprint density at radius 2 is 2.00 bits per heavy atom. The zero-order valence-electron chi connectivity index (χ0n) is 10.8. The van der Waals surface area contributed by atoms with Crippen LogP contribution in [0.1, 0.15) is 26.5 Å². The van der Waals surface area contributed by atoms with E-state index in [0.717, 1.165) is 6.07 Å². The Bertz CT molecular complexity index is 734. The lowest BCUT2D eigenvalue weighted by Crippen LogP contribution is -2.12. The summed E-state index contributed by atoms with van der Waals surface area (Å²) in [7, 11) is 0. The van der Waals surface area contributed by atoms with Gasteiger partial charge in [0.25, 0.3) is 5.91 Å². The molecule has 8 heteroatoms. The molecule has 1 aromatic heterocycles. The lowest BCUT2D eigenvalue weighted by molar-refractivity contribution is -0.402. The number of anilines is 1. The number of aromatic carboxylic acids is 1. The summed E-state index contributed by atoms with van der Waals surface area (Å²) >= 11 is 0. The number of carbonyl (C=O) groups is 2. The second-order valence-corrected chi connectivity index (χ2v) is 4.18. The molecule has 0 radical (unpaired) electrons. The number of carbonyl (C=O) groups excluding carboxylic acids is 1. The van der Waals surface area contributed by atoms with Crippen molar-refractivity contribution in [2.45, 2.75) is 6.92 Å². The zero-order chi connectivity index (χ0) is 15.6. The first-order valence-electron chi connectivity index (χ1n) is 5.78. The van der Waals surface area contributed by atoms with Gasteiger partial charge in [-0.25, -0.2) is 4.79 Å². The van der Waals surface area contributed by atoms with Crippen molar-refractivity contribution in [2.75, 3.05) is 5.32 Å². The number of hydrogen-bond donors (Lipinski definition) is 2. The van der Waals surface area contributed by atoms with Gasteiger partial charge in [0, 0.05) is 5.69 Å². The highest BCUT2D eigenvalue weighted by atomic mass is 16.6. The van der Waals surface area contributed by atoms with E-state index >= 15 is 0 Å². The molecule has 0 spiro atoms. The summed E-state index contributed by atoms with van der Waals surface area (Å²) in [5.74, 6) is -2.61. The molecule has 2 N–H and O–H groups in total. The Morgan fingerprint density at radius 1 is 1.29 bits per heavy atom. The normalized spacial score (nSPS) is 10.1. The summed E-state index contributed by atoms with van der Waals surface area (Å²) in [6.45, 7) is 1.69. The molecular weight excluding hydrogens is 280 g/mol. The number of nitrogens with zero attached hydrogens (tertiary/aromatic N) is 1. The molecule has 0 atom stereocenters. The molecule has 0 aliphatic carbocycles. The van der Waals surface area contributed by atoms with Crippen LogP contribution in [0, 0.1) is 17.0 Å². The van der Waals surface area contributed by atoms with Gasteiger partial charge in [0.15, 0.2) is 5.76 Å². The van der Waals surface area contributed by atoms with Crippen molar-refractivity contribution in [1.82, 2.24) is 0 Å². The molecule has 0 unspecified atom stereocenters. The van der Waals surface area contributed by atoms with E-state index in [1.807, 2.05) is 0 Å². The molecule has 1 aromatic carbocycles. The smallest absolute Gasteiger partial charge is 0.433 e. The number of nitro groups is 1. The maximum Gasteiger partial charge on any atom is 0.433 e. The molecule has 0 bridgehead atoms. The van der Waals surface area contributed by atoms with Crippen LogP contribution in [0.3, 0.4) is 0 Å². The predicted octanol–water partition coefficient (Wildman–Crippen LogP) is 2.45. The van der Waals surface area contributed by atoms with E-state index in [4.69, 9.17) is 9.52 Å². The van der Waals surface area contributed by atoms with Crippen molar-refractivity contribution < 1.29 is 24.0 Å². The minimum Gasteiger partial charge on any atom is -0.478 e. The van der Waals surface area contributed by atoms with Crippen LogP contribution in [0.5, 0.6) is 0 Å². The molecule has 1 heterocycles. The number of hydrogen-bond acceptors (Lipinski definition) is 5. The molecule has 2 rings (SSSR count). The average molecular weight is 290 g/mol. The first-order chi connectivity index (χ1) is 9.88. The first kappa shape index (κ1) is 14.3. The Kier molecular flexibility index (Phi) is 3.70. The fourth-order valence-electron chi connectivity index (χ4n) is 1.62. The molecule has 108 valence electrons. The summed E-state index contributed by atoms with van der Waals surface area (Å²) in [6.07, 6.45) is 0. The van der Waals surface area contributed by atoms with Crippen molar-refractivity contribution in [3.63, 3.8) is 0 Å². The zero-order valence-corrected chi connectivity index (χ0v) is 10.8. The molecular formula is C13H10N2O6. The van der Waals surface area contributed by atoms with Crippen LogP contribution in [0.25, 0.3) is 0 Å². The van der Waals surface area contributed by atoms with Crippen LogP contribution in [-0.4, -0.2) is 21.9 Å². The summed E-state index contributed by atoms with van der Waals surface area (Å²) in [5, 5.41) is 21.8. The largest absolute Gasteiger partial charge is 0.478 e. The Morgan fingerprint density at radius 3 is 2.57 bits per heavy atom. The highest BCUT2D eigenvalue weighted by Gasteiger charge is 2.18. The number of carboxylic acid groups (broad SMARTS) is 1. The van der Waals surface area contributed by atoms with E-state index in [9.17, 15) is 19.7 Å². The van der Waals surface area contributed by atoms with Crippen LogP contribution in [0.4, 0.5) is 11.6 Å². The van der Waals surface area contributed by atoms with Gasteiger partial charge in [-0.2, -0.15) is 0 Å². The van der Waals surface area contributed by atoms with Crippen molar-refractivity contribution in [3.8, 4) is 0 Å². The van der Waals surface area contributed by atoms with E-state index in [2.05, 4.69) is 5.32 Å². The summed E-state index contributed by atoms with van der Waals surface area (Å²) in [4.78, 5) is 32.5. The molecule has 0 fully saturated rings. The second-order valence-electron chi connectivity index (χ2n) is 4.18. The van der Waals surface area contributed by atoms with E-state index in [-0.39, 0.29) is 11.3 Å². The maximum absolute atomic E-state index is 11.9. The van der Waals surface area contributed by atoms with Gasteiger partial charge in [0.1, 0.15) is 4.92 Å². The van der Waals surface area contributed by atoms with E-state index in [0.29, 0.717) is 11.3 Å². The van der Waals surface area contributed by atoms with Crippen LogP contribution in [0.2, 0.25) is 0 Å². The van der Waals surface area contributed by atoms with Crippen molar-refractivity contribution in [1.29, 1.82) is 0 Å². The van der Waals surface area contributed by atoms with Gasteiger partial charge in [-0.05, 0) is 30.7 Å². The van der Waals surface area contributed by atoms with Gasteiger partial charge >= 0.3 is 11.9 Å². The number of furan rings is 1. The predicted molar refractivity (Wildman–Crippen MR) is 71.5 cm³/mol. The molecule has 8 nitrogen and oxygen atoms in total. The monoisotopic (exact) mass is 290 g/mol. The Balaban J connectivity index is 2.24. The fraction of sp³-hybridized carbons (Fsp3) is 0.0769. The van der Waals surface area contributed by atoms with Crippen molar-refractivity contribution >= 4 is 23.4 Å². The standard InChI is InChI=1S/C13H10N2O6/c1-7-2-3-8(13(17)18)6-9(7)14-12(16)10-4-5-11(21-10)15(19)20/h2-6H,1H3,(H,14,16)(H,17,18). The van der Waals surface area contributed by atoms with Gasteiger partial charge < -0.3 is 14.8 Å². The van der Waals surface area contributed by atoms with E-state index in [1.54, 1.807) is 13.0 Å². The number of rotatable bonds is 4. The van der Waals surface area contributed by atoms with Crippen molar-refractivity contribution in [3.05, 3.63) is 57.3 Å². The Labute approximate surface area is 118 Å². The van der Waals surface area contributed by atoms with E-state index < -0.39 is 22.7 Å². The Hall–Kier alpha value is -3.16. The number of benzene rings is 1. The first-order valence-corrected chi connectivity index (χ1v) is 5.78. The van der Waals surface area contributed by atoms with Crippen molar-refractivity contribution in [2.24, 2.45) is 0 Å². The van der Waals surface area contributed by atoms with Crippen LogP contribution >= 0.6 is 0 Å². The van der Waals surface area contributed by atoms with Crippen LogP contribution < -0.4 is 5.32 Å². The maximum atomic E-state index is 11.9. The third-order valence-electron chi connectivity index (χ3n) is 2.73. The van der Waals surface area contributed by atoms with Gasteiger partial charge in [0.05, 0.1) is 11.6 Å². The van der Waals surface area contributed by atoms with E-state index in [1.165, 1.54) is 18.2 Å². The minimum atomic E-state index is -1.13. The number of aryl methyl sites for hydroxylation is 1. The highest BCUT2D eigenvalue weighted by Crippen LogP contribution is 2.20. The number of amides is 1. The summed E-state index contributed by atoms with van der Waals surface area (Å²) in [5.41, 5.74) is 0.953. The van der Waals surface area contributed by atoms with Gasteiger partial charge in [-0.1, -0.05) is 6.07 Å². The quantitative estimate of drug-likeness (QED) is 0.658. The van der Waals surface area contributed by atoms with Crippen LogP contribution in [-0.2, 0) is 0 Å². The molecule has 2 aromatic rings. The second kappa shape index (κ2) is 5.45. The molecule has 0 aliphatic heterocycles. The fourth-order valence-corrected chi connectivity index (χ4v) is 1.62. The van der Waals surface area contributed by atoms with Gasteiger partial charge in [-0.3, -0.25) is 14.9 Å². The minimum absolute atomic E-state index is 0.0151.